The number of nitrogens with one attached hydrogen (secondary N) is 1. The van der Waals surface area contributed by atoms with Crippen LogP contribution in [0.5, 0.6) is 0 Å². The molecule has 0 radical (unpaired) electrons. The monoisotopic (exact) mass is 333 g/mol. The molecule has 1 atom stereocenters. The molecule has 3 rings (SSSR count). The Morgan fingerprint density at radius 1 is 1.45 bits per heavy atom. The van der Waals surface area contributed by atoms with E-state index in [9.17, 15) is 18.0 Å². The van der Waals surface area contributed by atoms with E-state index in [1.165, 1.54) is 18.2 Å². The number of rotatable bonds is 2. The van der Waals surface area contributed by atoms with Gasteiger partial charge in [-0.2, -0.15) is 17.9 Å². The van der Waals surface area contributed by atoms with E-state index < -0.39 is 12.1 Å². The highest BCUT2D eigenvalue weighted by atomic mass is 35.5. The Labute approximate surface area is 128 Å². The summed E-state index contributed by atoms with van der Waals surface area (Å²) in [7, 11) is 0. The van der Waals surface area contributed by atoms with Crippen molar-refractivity contribution in [2.45, 2.75) is 25.1 Å². The molecule has 0 amide bonds. The van der Waals surface area contributed by atoms with Crippen LogP contribution in [0.3, 0.4) is 0 Å². The molecule has 1 aromatic heterocycles. The summed E-state index contributed by atoms with van der Waals surface area (Å²) in [4.78, 5) is 20.0. The van der Waals surface area contributed by atoms with Crippen LogP contribution in [0.15, 0.2) is 18.2 Å². The zero-order valence-electron chi connectivity index (χ0n) is 11.2. The normalized spacial score (nSPS) is 18.8. The lowest BCUT2D eigenvalue weighted by Crippen LogP contribution is -2.35. The van der Waals surface area contributed by atoms with Crippen molar-refractivity contribution >= 4 is 28.6 Å². The molecule has 22 heavy (non-hydrogen) atoms. The number of carbonyl (C=O) groups excluding carboxylic acids is 1. The number of nitrogens with zero attached hydrogens (tertiary/aromatic N) is 2. The maximum Gasteiger partial charge on any atom is 0.493 e. The summed E-state index contributed by atoms with van der Waals surface area (Å²) in [5.41, 5.74) is 0.622. The number of hydrogen-bond acceptors (Lipinski definition) is 4. The number of fused-ring (bicyclic) bond motifs is 1. The zero-order chi connectivity index (χ0) is 15.9. The Morgan fingerprint density at radius 3 is 2.86 bits per heavy atom. The van der Waals surface area contributed by atoms with Gasteiger partial charge in [0.1, 0.15) is 5.52 Å². The van der Waals surface area contributed by atoms with E-state index in [2.05, 4.69) is 15.1 Å². The summed E-state index contributed by atoms with van der Waals surface area (Å²) in [6, 6.07) is 4.20. The van der Waals surface area contributed by atoms with Crippen molar-refractivity contribution in [1.29, 1.82) is 0 Å². The predicted molar refractivity (Wildman–Crippen MR) is 72.4 cm³/mol. The Balaban J connectivity index is 2.08. The average Bonchev–Trinajstić information content (AvgIpc) is 3.05. The van der Waals surface area contributed by atoms with Crippen LogP contribution in [0, 0.1) is 0 Å². The Bertz CT molecular complexity index is 723. The third-order valence-electron chi connectivity index (χ3n) is 3.38. The SMILES string of the molecule is O=C(On1c([C@@H]2CCCN2)nc2cc(Cl)ccc21)C(F)(F)F. The van der Waals surface area contributed by atoms with Gasteiger partial charge >= 0.3 is 12.1 Å². The fourth-order valence-electron chi connectivity index (χ4n) is 2.41. The molecular formula is C13H11ClF3N3O2. The molecule has 5 nitrogen and oxygen atoms in total. The number of alkyl halides is 3. The highest BCUT2D eigenvalue weighted by Crippen LogP contribution is 2.28. The summed E-state index contributed by atoms with van der Waals surface area (Å²) < 4.78 is 38.2. The van der Waals surface area contributed by atoms with Crippen molar-refractivity contribution in [2.24, 2.45) is 0 Å². The molecule has 0 saturated carbocycles. The summed E-state index contributed by atoms with van der Waals surface area (Å²) in [6.07, 6.45) is -3.52. The minimum Gasteiger partial charge on any atom is -0.326 e. The molecule has 1 aliphatic rings. The van der Waals surface area contributed by atoms with E-state index in [0.29, 0.717) is 17.0 Å². The van der Waals surface area contributed by atoms with Crippen LogP contribution in [0.4, 0.5) is 13.2 Å². The van der Waals surface area contributed by atoms with Crippen molar-refractivity contribution in [2.75, 3.05) is 6.54 Å². The zero-order valence-corrected chi connectivity index (χ0v) is 11.9. The van der Waals surface area contributed by atoms with Crippen LogP contribution in [0.1, 0.15) is 24.7 Å². The van der Waals surface area contributed by atoms with Crippen molar-refractivity contribution < 1.29 is 22.8 Å². The minimum atomic E-state index is -5.08. The predicted octanol–water partition coefficient (Wildman–Crippen LogP) is 2.63. The number of hydrogen-bond donors (Lipinski definition) is 1. The van der Waals surface area contributed by atoms with Gasteiger partial charge in [0.2, 0.25) is 0 Å². The van der Waals surface area contributed by atoms with E-state index in [1.807, 2.05) is 0 Å². The number of imidazole rings is 1. The smallest absolute Gasteiger partial charge is 0.326 e. The Hall–Kier alpha value is -1.80. The van der Waals surface area contributed by atoms with Gasteiger partial charge in [0.15, 0.2) is 5.82 Å². The molecule has 0 bridgehead atoms. The van der Waals surface area contributed by atoms with Gasteiger partial charge in [0, 0.05) is 5.02 Å². The molecule has 1 fully saturated rings. The molecule has 1 aliphatic heterocycles. The fourth-order valence-corrected chi connectivity index (χ4v) is 2.57. The van der Waals surface area contributed by atoms with Gasteiger partial charge < -0.3 is 10.2 Å². The summed E-state index contributed by atoms with van der Waals surface area (Å²) in [6.45, 7) is 0.724. The molecule has 9 heteroatoms. The summed E-state index contributed by atoms with van der Waals surface area (Å²) in [5.74, 6) is -2.06. The van der Waals surface area contributed by atoms with Crippen LogP contribution in [0.2, 0.25) is 5.02 Å². The second kappa shape index (κ2) is 5.44. The van der Waals surface area contributed by atoms with Crippen LogP contribution < -0.4 is 10.2 Å². The van der Waals surface area contributed by atoms with Gasteiger partial charge in [-0.1, -0.05) is 11.6 Å². The van der Waals surface area contributed by atoms with E-state index in [1.54, 1.807) is 0 Å². The Morgan fingerprint density at radius 2 is 2.23 bits per heavy atom. The van der Waals surface area contributed by atoms with Crippen LogP contribution >= 0.6 is 11.6 Å². The quantitative estimate of drug-likeness (QED) is 0.918. The van der Waals surface area contributed by atoms with E-state index in [0.717, 1.165) is 17.7 Å². The highest BCUT2D eigenvalue weighted by molar-refractivity contribution is 6.31. The van der Waals surface area contributed by atoms with Gasteiger partial charge in [-0.15, -0.1) is 0 Å². The van der Waals surface area contributed by atoms with Crippen LogP contribution in [-0.4, -0.2) is 28.4 Å². The molecule has 2 heterocycles. The van der Waals surface area contributed by atoms with Crippen molar-refractivity contribution in [1.82, 2.24) is 15.0 Å². The number of aromatic nitrogens is 2. The molecule has 0 spiro atoms. The first kappa shape index (κ1) is 15.1. The number of benzene rings is 1. The lowest BCUT2D eigenvalue weighted by molar-refractivity contribution is -0.199. The average molecular weight is 334 g/mol. The molecular weight excluding hydrogens is 323 g/mol. The standard InChI is InChI=1S/C13H11ClF3N3O2/c14-7-3-4-10-9(6-7)19-11(8-2-1-5-18-8)20(10)22-12(21)13(15,16)17/h3-4,6,8,18H,1-2,5H2/t8-/m0/s1. The fraction of sp³-hybridized carbons (Fsp3) is 0.385. The van der Waals surface area contributed by atoms with Gasteiger partial charge in [0.25, 0.3) is 0 Å². The summed E-state index contributed by atoms with van der Waals surface area (Å²) >= 11 is 5.87. The molecule has 1 saturated heterocycles. The van der Waals surface area contributed by atoms with Gasteiger partial charge in [-0.25, -0.2) is 9.78 Å². The van der Waals surface area contributed by atoms with Crippen LogP contribution in [-0.2, 0) is 4.79 Å². The molecule has 0 aliphatic carbocycles. The summed E-state index contributed by atoms with van der Waals surface area (Å²) in [5, 5.41) is 3.51. The third-order valence-corrected chi connectivity index (χ3v) is 3.61. The lowest BCUT2D eigenvalue weighted by atomic mass is 10.2. The van der Waals surface area contributed by atoms with E-state index in [4.69, 9.17) is 11.6 Å². The highest BCUT2D eigenvalue weighted by Gasteiger charge is 2.43. The molecule has 1 aromatic carbocycles. The molecule has 1 N–H and O–H groups in total. The number of halogens is 4. The van der Waals surface area contributed by atoms with E-state index in [-0.39, 0.29) is 17.4 Å². The first-order valence-electron chi connectivity index (χ1n) is 6.57. The number of carbonyl (C=O) groups is 1. The second-order valence-electron chi connectivity index (χ2n) is 4.92. The largest absolute Gasteiger partial charge is 0.493 e. The van der Waals surface area contributed by atoms with Gasteiger partial charge in [-0.05, 0) is 37.6 Å². The van der Waals surface area contributed by atoms with Crippen molar-refractivity contribution in [3.05, 3.63) is 29.0 Å². The molecule has 2 aromatic rings. The third kappa shape index (κ3) is 2.76. The first-order valence-corrected chi connectivity index (χ1v) is 6.95. The maximum atomic E-state index is 12.5. The maximum absolute atomic E-state index is 12.5. The van der Waals surface area contributed by atoms with Gasteiger partial charge in [-0.3, -0.25) is 0 Å². The minimum absolute atomic E-state index is 0.229. The van der Waals surface area contributed by atoms with Crippen molar-refractivity contribution in [3.63, 3.8) is 0 Å². The molecule has 0 unspecified atom stereocenters. The second-order valence-corrected chi connectivity index (χ2v) is 5.36. The van der Waals surface area contributed by atoms with Gasteiger partial charge in [0.05, 0.1) is 11.6 Å². The van der Waals surface area contributed by atoms with Crippen molar-refractivity contribution in [3.8, 4) is 0 Å². The topological polar surface area (TPSA) is 56.1 Å². The van der Waals surface area contributed by atoms with Crippen LogP contribution in [0.25, 0.3) is 11.0 Å². The van der Waals surface area contributed by atoms with E-state index >= 15 is 0 Å². The lowest BCUT2D eigenvalue weighted by Gasteiger charge is -2.14. The Kier molecular flexibility index (Phi) is 3.73. The first-order chi connectivity index (χ1) is 10.4. The molecule has 118 valence electrons.